The maximum Gasteiger partial charge on any atom is 0.253 e. The standard InChI is InChI=1S/C23H24N2O4/c1-28-16-15-24-23(27)19-9-5-6-10-20(19)25-22(26)14-12-18-11-13-21(29-18)17-7-3-2-4-8-17/h2-11,13H,12,14-16H2,1H3,(H,24,27)(H,25,26). The van der Waals surface area contributed by atoms with Crippen LogP contribution in [-0.4, -0.2) is 32.1 Å². The van der Waals surface area contributed by atoms with Gasteiger partial charge in [0, 0.05) is 32.1 Å². The first-order valence-corrected chi connectivity index (χ1v) is 9.47. The lowest BCUT2D eigenvalue weighted by Gasteiger charge is -2.11. The summed E-state index contributed by atoms with van der Waals surface area (Å²) in [5, 5.41) is 5.58. The van der Waals surface area contributed by atoms with Crippen LogP contribution in [0.4, 0.5) is 5.69 Å². The van der Waals surface area contributed by atoms with Crippen molar-refractivity contribution < 1.29 is 18.7 Å². The summed E-state index contributed by atoms with van der Waals surface area (Å²) in [4.78, 5) is 24.7. The molecule has 0 saturated heterocycles. The smallest absolute Gasteiger partial charge is 0.253 e. The average molecular weight is 392 g/mol. The molecule has 0 fully saturated rings. The number of nitrogens with one attached hydrogen (secondary N) is 2. The minimum atomic E-state index is -0.253. The second-order valence-corrected chi connectivity index (χ2v) is 6.47. The van der Waals surface area contributed by atoms with Crippen molar-refractivity contribution in [1.82, 2.24) is 5.32 Å². The van der Waals surface area contributed by atoms with Gasteiger partial charge in [-0.25, -0.2) is 0 Å². The summed E-state index contributed by atoms with van der Waals surface area (Å²) < 4.78 is 10.8. The van der Waals surface area contributed by atoms with Crippen molar-refractivity contribution in [3.05, 3.63) is 78.1 Å². The van der Waals surface area contributed by atoms with Crippen LogP contribution in [0.3, 0.4) is 0 Å². The first kappa shape index (κ1) is 20.4. The molecule has 0 atom stereocenters. The lowest BCUT2D eigenvalue weighted by atomic mass is 10.1. The number of furan rings is 1. The van der Waals surface area contributed by atoms with Crippen molar-refractivity contribution in [3.8, 4) is 11.3 Å². The van der Waals surface area contributed by atoms with E-state index in [9.17, 15) is 9.59 Å². The lowest BCUT2D eigenvalue weighted by molar-refractivity contribution is -0.116. The first-order chi connectivity index (χ1) is 14.2. The van der Waals surface area contributed by atoms with Crippen LogP contribution >= 0.6 is 0 Å². The normalized spacial score (nSPS) is 10.5. The minimum absolute atomic E-state index is 0.181. The molecule has 0 aliphatic heterocycles. The Morgan fingerprint density at radius 2 is 1.72 bits per heavy atom. The largest absolute Gasteiger partial charge is 0.461 e. The molecule has 0 radical (unpaired) electrons. The van der Waals surface area contributed by atoms with Gasteiger partial charge in [-0.3, -0.25) is 9.59 Å². The van der Waals surface area contributed by atoms with Crippen LogP contribution in [-0.2, 0) is 16.0 Å². The Labute approximate surface area is 169 Å². The second-order valence-electron chi connectivity index (χ2n) is 6.47. The third kappa shape index (κ3) is 5.80. The summed E-state index contributed by atoms with van der Waals surface area (Å²) in [7, 11) is 1.57. The Balaban J connectivity index is 1.56. The van der Waals surface area contributed by atoms with Crippen LogP contribution in [0.25, 0.3) is 11.3 Å². The molecule has 6 heteroatoms. The fraction of sp³-hybridized carbons (Fsp3) is 0.217. The van der Waals surface area contributed by atoms with E-state index in [4.69, 9.17) is 9.15 Å². The molecule has 0 bridgehead atoms. The summed E-state index contributed by atoms with van der Waals surface area (Å²) >= 11 is 0. The van der Waals surface area contributed by atoms with Crippen LogP contribution < -0.4 is 10.6 Å². The van der Waals surface area contributed by atoms with Crippen molar-refractivity contribution in [3.63, 3.8) is 0 Å². The third-order valence-electron chi connectivity index (χ3n) is 4.36. The Morgan fingerprint density at radius 1 is 0.966 bits per heavy atom. The second kappa shape index (κ2) is 10.2. The first-order valence-electron chi connectivity index (χ1n) is 9.47. The molecule has 6 nitrogen and oxygen atoms in total. The van der Waals surface area contributed by atoms with Gasteiger partial charge < -0.3 is 19.8 Å². The number of rotatable bonds is 9. The van der Waals surface area contributed by atoms with Crippen molar-refractivity contribution in [2.24, 2.45) is 0 Å². The fourth-order valence-corrected chi connectivity index (χ4v) is 2.87. The Morgan fingerprint density at radius 3 is 2.52 bits per heavy atom. The van der Waals surface area contributed by atoms with Crippen LogP contribution in [0, 0.1) is 0 Å². The highest BCUT2D eigenvalue weighted by atomic mass is 16.5. The number of anilines is 1. The maximum absolute atomic E-state index is 12.4. The number of hydrogen-bond acceptors (Lipinski definition) is 4. The molecule has 2 aromatic carbocycles. The van der Waals surface area contributed by atoms with Crippen LogP contribution in [0.1, 0.15) is 22.5 Å². The molecule has 3 rings (SSSR count). The van der Waals surface area contributed by atoms with Gasteiger partial charge in [0.15, 0.2) is 0 Å². The van der Waals surface area contributed by atoms with E-state index in [2.05, 4.69) is 10.6 Å². The summed E-state index contributed by atoms with van der Waals surface area (Å²) in [6.45, 7) is 0.828. The fourth-order valence-electron chi connectivity index (χ4n) is 2.87. The van der Waals surface area contributed by atoms with Crippen LogP contribution in [0.2, 0.25) is 0 Å². The number of methoxy groups -OCH3 is 1. The van der Waals surface area contributed by atoms with Crippen LogP contribution in [0.5, 0.6) is 0 Å². The summed E-state index contributed by atoms with van der Waals surface area (Å²) in [6, 6.07) is 20.5. The number of carbonyl (C=O) groups is 2. The number of amides is 2. The highest BCUT2D eigenvalue weighted by Crippen LogP contribution is 2.22. The number of para-hydroxylation sites is 1. The monoisotopic (exact) mass is 392 g/mol. The maximum atomic E-state index is 12.4. The molecular formula is C23H24N2O4. The SMILES string of the molecule is COCCNC(=O)c1ccccc1NC(=O)CCc1ccc(-c2ccccc2)o1. The third-order valence-corrected chi connectivity index (χ3v) is 4.36. The van der Waals surface area contributed by atoms with Crippen molar-refractivity contribution in [2.75, 3.05) is 25.6 Å². The molecular weight excluding hydrogens is 368 g/mol. The number of carbonyl (C=O) groups excluding carboxylic acids is 2. The van der Waals surface area contributed by atoms with E-state index in [0.29, 0.717) is 30.8 Å². The van der Waals surface area contributed by atoms with E-state index in [1.165, 1.54) is 0 Å². The topological polar surface area (TPSA) is 80.6 Å². The number of aryl methyl sites for hydroxylation is 1. The molecule has 1 aromatic heterocycles. The molecule has 0 aliphatic rings. The van der Waals surface area contributed by atoms with Crippen molar-refractivity contribution in [2.45, 2.75) is 12.8 Å². The summed E-state index contributed by atoms with van der Waals surface area (Å²) in [6.07, 6.45) is 0.724. The van der Waals surface area contributed by atoms with Gasteiger partial charge in [-0.1, -0.05) is 42.5 Å². The summed E-state index contributed by atoms with van der Waals surface area (Å²) in [5.41, 5.74) is 1.90. The highest BCUT2D eigenvalue weighted by Gasteiger charge is 2.13. The summed E-state index contributed by atoms with van der Waals surface area (Å²) in [5.74, 6) is 1.08. The van der Waals surface area contributed by atoms with Gasteiger partial charge in [0.1, 0.15) is 11.5 Å². The molecule has 2 N–H and O–H groups in total. The number of ether oxygens (including phenoxy) is 1. The number of benzene rings is 2. The Bertz CT molecular complexity index is 950. The Hall–Kier alpha value is -3.38. The van der Waals surface area contributed by atoms with Gasteiger partial charge in [0.25, 0.3) is 5.91 Å². The van der Waals surface area contributed by atoms with Gasteiger partial charge >= 0.3 is 0 Å². The molecule has 0 saturated carbocycles. The predicted octanol–water partition coefficient (Wildman–Crippen LogP) is 3.89. The van der Waals surface area contributed by atoms with E-state index >= 15 is 0 Å². The van der Waals surface area contributed by atoms with Crippen LogP contribution in [0.15, 0.2) is 71.1 Å². The average Bonchev–Trinajstić information content (AvgIpc) is 3.22. The molecule has 0 aliphatic carbocycles. The number of hydrogen-bond donors (Lipinski definition) is 2. The van der Waals surface area contributed by atoms with Gasteiger partial charge in [0.2, 0.25) is 5.91 Å². The zero-order valence-corrected chi connectivity index (χ0v) is 16.3. The zero-order valence-electron chi connectivity index (χ0n) is 16.3. The van der Waals surface area contributed by atoms with Gasteiger partial charge in [-0.05, 0) is 24.3 Å². The highest BCUT2D eigenvalue weighted by molar-refractivity contribution is 6.03. The van der Waals surface area contributed by atoms with E-state index in [0.717, 1.165) is 17.1 Å². The van der Waals surface area contributed by atoms with Gasteiger partial charge in [-0.2, -0.15) is 0 Å². The van der Waals surface area contributed by atoms with Gasteiger partial charge in [-0.15, -0.1) is 0 Å². The molecule has 1 heterocycles. The Kier molecular flexibility index (Phi) is 7.19. The van der Waals surface area contributed by atoms with Crippen molar-refractivity contribution in [1.29, 1.82) is 0 Å². The van der Waals surface area contributed by atoms with E-state index in [1.807, 2.05) is 42.5 Å². The molecule has 0 unspecified atom stereocenters. The van der Waals surface area contributed by atoms with Crippen molar-refractivity contribution >= 4 is 17.5 Å². The molecule has 0 spiro atoms. The predicted molar refractivity (Wildman–Crippen MR) is 112 cm³/mol. The van der Waals surface area contributed by atoms with E-state index in [1.54, 1.807) is 31.4 Å². The molecule has 2 amide bonds. The lowest BCUT2D eigenvalue weighted by Crippen LogP contribution is -2.28. The molecule has 29 heavy (non-hydrogen) atoms. The molecule has 150 valence electrons. The zero-order chi connectivity index (χ0) is 20.5. The van der Waals surface area contributed by atoms with E-state index in [-0.39, 0.29) is 18.2 Å². The van der Waals surface area contributed by atoms with E-state index < -0.39 is 0 Å². The van der Waals surface area contributed by atoms with Gasteiger partial charge in [0.05, 0.1) is 17.9 Å². The minimum Gasteiger partial charge on any atom is -0.461 e. The quantitative estimate of drug-likeness (QED) is 0.541. The molecule has 3 aromatic rings.